The van der Waals surface area contributed by atoms with Crippen molar-refractivity contribution >= 4 is 34.2 Å². The third kappa shape index (κ3) is 4.47. The van der Waals surface area contributed by atoms with Crippen molar-refractivity contribution in [3.8, 4) is 11.3 Å². The summed E-state index contributed by atoms with van der Waals surface area (Å²) in [6.45, 7) is 2.74. The molecule has 1 aromatic heterocycles. The van der Waals surface area contributed by atoms with Gasteiger partial charge in [-0.25, -0.2) is 0 Å². The Labute approximate surface area is 186 Å². The molecular weight excluding hydrogens is 406 g/mol. The van der Waals surface area contributed by atoms with Crippen LogP contribution in [-0.2, 0) is 13.0 Å². The number of guanidine groups is 1. The van der Waals surface area contributed by atoms with Gasteiger partial charge in [0.15, 0.2) is 0 Å². The molecule has 0 aliphatic rings. The molecular formula is C25H24ClN5. The Bertz CT molecular complexity index is 1250. The van der Waals surface area contributed by atoms with Crippen LogP contribution in [0, 0.1) is 0 Å². The number of rotatable bonds is 6. The van der Waals surface area contributed by atoms with Crippen molar-refractivity contribution in [1.29, 1.82) is 0 Å². The van der Waals surface area contributed by atoms with Crippen LogP contribution in [0.2, 0.25) is 5.02 Å². The molecule has 0 spiro atoms. The Morgan fingerprint density at radius 1 is 0.871 bits per heavy atom. The third-order valence-electron chi connectivity index (χ3n) is 5.23. The number of para-hydroxylation sites is 1. The normalized spacial score (nSPS) is 11.6. The van der Waals surface area contributed by atoms with Gasteiger partial charge in [0, 0.05) is 28.0 Å². The molecule has 0 aliphatic heterocycles. The van der Waals surface area contributed by atoms with E-state index in [0.29, 0.717) is 5.02 Å². The second-order valence-electron chi connectivity index (χ2n) is 7.35. The molecule has 0 bridgehead atoms. The highest BCUT2D eigenvalue weighted by Gasteiger charge is 2.20. The number of nitrogens with two attached hydrogens (primary N) is 2. The van der Waals surface area contributed by atoms with Crippen LogP contribution in [0.3, 0.4) is 0 Å². The van der Waals surface area contributed by atoms with Crippen LogP contribution in [0.25, 0.3) is 22.2 Å². The minimum absolute atomic E-state index is 0.0693. The lowest BCUT2D eigenvalue weighted by Crippen LogP contribution is -2.22. The maximum absolute atomic E-state index is 6.17. The maximum Gasteiger partial charge on any atom is 0.211 e. The van der Waals surface area contributed by atoms with E-state index < -0.39 is 0 Å². The minimum Gasteiger partial charge on any atom is -0.369 e. The number of aryl methyl sites for hydroxylation is 2. The lowest BCUT2D eigenvalue weighted by molar-refractivity contribution is 0.729. The molecule has 156 valence electrons. The maximum atomic E-state index is 6.17. The lowest BCUT2D eigenvalue weighted by Gasteiger charge is -2.13. The van der Waals surface area contributed by atoms with Crippen molar-refractivity contribution in [1.82, 2.24) is 4.57 Å². The number of hydrogen-bond acceptors (Lipinski definition) is 2. The number of halogens is 1. The van der Waals surface area contributed by atoms with E-state index >= 15 is 0 Å². The van der Waals surface area contributed by atoms with Crippen molar-refractivity contribution in [3.63, 3.8) is 0 Å². The number of fused-ring (bicyclic) bond motifs is 1. The highest BCUT2D eigenvalue weighted by Crippen LogP contribution is 2.35. The first-order valence-corrected chi connectivity index (χ1v) is 10.5. The molecule has 31 heavy (non-hydrogen) atoms. The summed E-state index contributed by atoms with van der Waals surface area (Å²) in [6, 6.07) is 26.7. The molecule has 0 radical (unpaired) electrons. The quantitative estimate of drug-likeness (QED) is 0.251. The summed E-state index contributed by atoms with van der Waals surface area (Å²) in [5, 5.41) is 9.99. The summed E-state index contributed by atoms with van der Waals surface area (Å²) in [6.07, 6.45) is 0.906. The van der Waals surface area contributed by atoms with Crippen LogP contribution in [0.4, 0.5) is 0 Å². The van der Waals surface area contributed by atoms with Gasteiger partial charge in [-0.3, -0.25) is 0 Å². The molecule has 0 aliphatic carbocycles. The van der Waals surface area contributed by atoms with E-state index in [1.165, 1.54) is 5.56 Å². The van der Waals surface area contributed by atoms with Crippen LogP contribution in [0.5, 0.6) is 0 Å². The van der Waals surface area contributed by atoms with E-state index in [-0.39, 0.29) is 5.96 Å². The van der Waals surface area contributed by atoms with Gasteiger partial charge in [-0.05, 0) is 42.7 Å². The number of benzene rings is 3. The van der Waals surface area contributed by atoms with Gasteiger partial charge < -0.3 is 16.0 Å². The molecule has 4 rings (SSSR count). The van der Waals surface area contributed by atoms with Gasteiger partial charge in [0.25, 0.3) is 0 Å². The van der Waals surface area contributed by atoms with Crippen LogP contribution < -0.4 is 11.5 Å². The molecule has 0 saturated heterocycles. The largest absolute Gasteiger partial charge is 0.369 e. The second kappa shape index (κ2) is 9.06. The average Bonchev–Trinajstić information content (AvgIpc) is 3.11. The van der Waals surface area contributed by atoms with Crippen LogP contribution >= 0.6 is 11.6 Å². The molecule has 0 saturated carbocycles. The van der Waals surface area contributed by atoms with E-state index in [1.54, 1.807) is 0 Å². The molecule has 3 aromatic carbocycles. The second-order valence-corrected chi connectivity index (χ2v) is 7.78. The summed E-state index contributed by atoms with van der Waals surface area (Å²) in [5.41, 5.74) is 17.3. The topological polar surface area (TPSA) is 81.7 Å². The molecule has 5 nitrogen and oxygen atoms in total. The van der Waals surface area contributed by atoms with Gasteiger partial charge in [0.05, 0.1) is 11.4 Å². The van der Waals surface area contributed by atoms with E-state index in [0.717, 1.165) is 46.4 Å². The Balaban J connectivity index is 1.94. The van der Waals surface area contributed by atoms with Crippen molar-refractivity contribution in [3.05, 3.63) is 95.0 Å². The fourth-order valence-electron chi connectivity index (χ4n) is 3.88. The fourth-order valence-corrected chi connectivity index (χ4v) is 4.00. The number of hydrogen-bond donors (Lipinski definition) is 2. The standard InChI is InChI=1S/C25H24ClN5/c1-17(29-30-25(27)28)23-21-9-5-6-10-22(21)31(16-15-18-7-3-2-4-8-18)24(23)19-11-13-20(26)14-12-19/h2-14H,15-16H2,1H3,(H4,27,28,30). The summed E-state index contributed by atoms with van der Waals surface area (Å²) in [7, 11) is 0. The molecule has 0 amide bonds. The van der Waals surface area contributed by atoms with Crippen LogP contribution in [0.15, 0.2) is 89.1 Å². The zero-order valence-electron chi connectivity index (χ0n) is 17.3. The average molecular weight is 430 g/mol. The predicted octanol–water partition coefficient (Wildman–Crippen LogP) is 5.20. The summed E-state index contributed by atoms with van der Waals surface area (Å²) in [4.78, 5) is 0. The Morgan fingerprint density at radius 2 is 1.55 bits per heavy atom. The van der Waals surface area contributed by atoms with Crippen LogP contribution in [0.1, 0.15) is 18.1 Å². The van der Waals surface area contributed by atoms with E-state index in [4.69, 9.17) is 23.1 Å². The molecule has 4 N–H and O–H groups in total. The molecule has 4 aromatic rings. The smallest absolute Gasteiger partial charge is 0.211 e. The SMILES string of the molecule is CC(=NN=C(N)N)c1c(-c2ccc(Cl)cc2)n(CCc2ccccc2)c2ccccc12. The van der Waals surface area contributed by atoms with Crippen molar-refractivity contribution in [2.24, 2.45) is 21.7 Å². The molecule has 0 atom stereocenters. The highest BCUT2D eigenvalue weighted by atomic mass is 35.5. The van der Waals surface area contributed by atoms with Crippen LogP contribution in [-0.4, -0.2) is 16.2 Å². The molecule has 6 heteroatoms. The van der Waals surface area contributed by atoms with Gasteiger partial charge in [0.1, 0.15) is 0 Å². The Morgan fingerprint density at radius 3 is 2.26 bits per heavy atom. The van der Waals surface area contributed by atoms with E-state index in [9.17, 15) is 0 Å². The number of aromatic nitrogens is 1. The van der Waals surface area contributed by atoms with Gasteiger partial charge in [0.2, 0.25) is 5.96 Å². The summed E-state index contributed by atoms with van der Waals surface area (Å²) in [5.74, 6) is -0.0693. The fraction of sp³-hybridized carbons (Fsp3) is 0.120. The molecule has 1 heterocycles. The Hall–Kier alpha value is -3.57. The zero-order chi connectivity index (χ0) is 21.8. The molecule has 0 unspecified atom stereocenters. The first kappa shape index (κ1) is 20.7. The van der Waals surface area contributed by atoms with Gasteiger partial charge in [-0.1, -0.05) is 72.3 Å². The van der Waals surface area contributed by atoms with Gasteiger partial charge >= 0.3 is 0 Å². The zero-order valence-corrected chi connectivity index (χ0v) is 18.1. The monoisotopic (exact) mass is 429 g/mol. The van der Waals surface area contributed by atoms with E-state index in [1.807, 2.05) is 43.3 Å². The minimum atomic E-state index is -0.0693. The summed E-state index contributed by atoms with van der Waals surface area (Å²) >= 11 is 6.17. The lowest BCUT2D eigenvalue weighted by atomic mass is 10.0. The first-order valence-electron chi connectivity index (χ1n) is 10.1. The van der Waals surface area contributed by atoms with E-state index in [2.05, 4.69) is 57.2 Å². The first-order chi connectivity index (χ1) is 15.0. The van der Waals surface area contributed by atoms with Gasteiger partial charge in [-0.15, -0.1) is 5.10 Å². The van der Waals surface area contributed by atoms with Crippen molar-refractivity contribution < 1.29 is 0 Å². The molecule has 0 fully saturated rings. The van der Waals surface area contributed by atoms with Crippen molar-refractivity contribution in [2.45, 2.75) is 19.9 Å². The number of nitrogens with zero attached hydrogens (tertiary/aromatic N) is 3. The predicted molar refractivity (Wildman–Crippen MR) is 131 cm³/mol. The highest BCUT2D eigenvalue weighted by molar-refractivity contribution is 6.30. The summed E-state index contributed by atoms with van der Waals surface area (Å²) < 4.78 is 2.34. The Kier molecular flexibility index (Phi) is 6.05. The van der Waals surface area contributed by atoms with Gasteiger partial charge in [-0.2, -0.15) is 5.10 Å². The van der Waals surface area contributed by atoms with Crippen molar-refractivity contribution in [2.75, 3.05) is 0 Å². The third-order valence-corrected chi connectivity index (χ3v) is 5.48.